The first-order chi connectivity index (χ1) is 9.38. The minimum Gasteiger partial charge on any atom is -0.496 e. The molecule has 1 atom stereocenters. The van der Waals surface area contributed by atoms with Gasteiger partial charge in [0.2, 0.25) is 5.91 Å². The molecule has 0 heterocycles. The third kappa shape index (κ3) is 5.03. The van der Waals surface area contributed by atoms with Gasteiger partial charge >= 0.3 is 0 Å². The average Bonchev–Trinajstić information content (AvgIpc) is 2.43. The van der Waals surface area contributed by atoms with Gasteiger partial charge < -0.3 is 20.3 Å². The van der Waals surface area contributed by atoms with Crippen LogP contribution < -0.4 is 10.1 Å². The fourth-order valence-corrected chi connectivity index (χ4v) is 1.54. The number of amides is 1. The van der Waals surface area contributed by atoms with Crippen LogP contribution in [0.1, 0.15) is 18.1 Å². The fourth-order valence-electron chi connectivity index (χ4n) is 1.54. The SMILES string of the molecule is COc1ccc(C)cc1C=CC(=O)NCC(C)(O)CO. The largest absolute Gasteiger partial charge is 0.496 e. The summed E-state index contributed by atoms with van der Waals surface area (Å²) in [7, 11) is 1.57. The smallest absolute Gasteiger partial charge is 0.244 e. The number of methoxy groups -OCH3 is 1. The third-order valence-electron chi connectivity index (χ3n) is 2.78. The Labute approximate surface area is 118 Å². The van der Waals surface area contributed by atoms with Gasteiger partial charge in [-0.25, -0.2) is 0 Å². The minimum atomic E-state index is -1.31. The second-order valence-corrected chi connectivity index (χ2v) is 4.95. The maximum Gasteiger partial charge on any atom is 0.244 e. The first kappa shape index (κ1) is 16.2. The molecular formula is C15H21NO4. The number of benzene rings is 1. The van der Waals surface area contributed by atoms with Crippen LogP contribution in [0.2, 0.25) is 0 Å². The van der Waals surface area contributed by atoms with Crippen molar-refractivity contribution in [3.8, 4) is 5.75 Å². The van der Waals surface area contributed by atoms with Crippen molar-refractivity contribution in [1.82, 2.24) is 5.32 Å². The number of aliphatic hydroxyl groups excluding tert-OH is 1. The Balaban J connectivity index is 2.68. The molecule has 1 unspecified atom stereocenters. The summed E-state index contributed by atoms with van der Waals surface area (Å²) in [5.41, 5.74) is 0.551. The van der Waals surface area contributed by atoms with E-state index in [1.54, 1.807) is 13.2 Å². The molecule has 0 spiro atoms. The zero-order chi connectivity index (χ0) is 15.2. The van der Waals surface area contributed by atoms with E-state index in [0.717, 1.165) is 11.1 Å². The van der Waals surface area contributed by atoms with Gasteiger partial charge in [0.1, 0.15) is 11.4 Å². The number of nitrogens with one attached hydrogen (secondary N) is 1. The minimum absolute atomic E-state index is 0.0162. The molecule has 1 aromatic carbocycles. The maximum atomic E-state index is 11.6. The zero-order valence-corrected chi connectivity index (χ0v) is 12.0. The Kier molecular flexibility index (Phi) is 5.73. The second-order valence-electron chi connectivity index (χ2n) is 4.95. The lowest BCUT2D eigenvalue weighted by Gasteiger charge is -2.19. The number of aliphatic hydroxyl groups is 2. The maximum absolute atomic E-state index is 11.6. The highest BCUT2D eigenvalue weighted by molar-refractivity contribution is 5.92. The van der Waals surface area contributed by atoms with Crippen LogP contribution in [0.15, 0.2) is 24.3 Å². The lowest BCUT2D eigenvalue weighted by Crippen LogP contribution is -2.42. The van der Waals surface area contributed by atoms with E-state index in [0.29, 0.717) is 5.75 Å². The van der Waals surface area contributed by atoms with Gasteiger partial charge in [-0.3, -0.25) is 4.79 Å². The van der Waals surface area contributed by atoms with Gasteiger partial charge in [0.15, 0.2) is 0 Å². The lowest BCUT2D eigenvalue weighted by atomic mass is 10.1. The summed E-state index contributed by atoms with van der Waals surface area (Å²) in [6.45, 7) is 2.97. The molecule has 1 rings (SSSR count). The van der Waals surface area contributed by atoms with E-state index in [9.17, 15) is 9.90 Å². The number of carbonyl (C=O) groups is 1. The molecule has 0 aromatic heterocycles. The van der Waals surface area contributed by atoms with Crippen LogP contribution in [0.3, 0.4) is 0 Å². The molecule has 20 heavy (non-hydrogen) atoms. The molecule has 110 valence electrons. The van der Waals surface area contributed by atoms with Crippen molar-refractivity contribution in [2.45, 2.75) is 19.4 Å². The van der Waals surface area contributed by atoms with E-state index in [1.165, 1.54) is 13.0 Å². The van der Waals surface area contributed by atoms with Gasteiger partial charge in [-0.2, -0.15) is 0 Å². The van der Waals surface area contributed by atoms with Gasteiger partial charge in [-0.15, -0.1) is 0 Å². The highest BCUT2D eigenvalue weighted by atomic mass is 16.5. The van der Waals surface area contributed by atoms with Crippen molar-refractivity contribution >= 4 is 12.0 Å². The van der Waals surface area contributed by atoms with Crippen LogP contribution in [0, 0.1) is 6.92 Å². The Morgan fingerprint density at radius 2 is 2.20 bits per heavy atom. The van der Waals surface area contributed by atoms with Gasteiger partial charge in [0.05, 0.1) is 13.7 Å². The normalized spacial score (nSPS) is 14.1. The average molecular weight is 279 g/mol. The zero-order valence-electron chi connectivity index (χ0n) is 12.0. The summed E-state index contributed by atoms with van der Waals surface area (Å²) < 4.78 is 5.21. The van der Waals surface area contributed by atoms with E-state index in [2.05, 4.69) is 5.32 Å². The molecule has 5 heteroatoms. The van der Waals surface area contributed by atoms with Crippen LogP contribution in [-0.2, 0) is 4.79 Å². The molecule has 0 saturated carbocycles. The predicted molar refractivity (Wildman–Crippen MR) is 77.5 cm³/mol. The summed E-state index contributed by atoms with van der Waals surface area (Å²) in [4.78, 5) is 11.6. The molecular weight excluding hydrogens is 258 g/mol. The second kappa shape index (κ2) is 7.07. The summed E-state index contributed by atoms with van der Waals surface area (Å²) >= 11 is 0. The molecule has 0 aliphatic carbocycles. The Morgan fingerprint density at radius 3 is 2.80 bits per heavy atom. The third-order valence-corrected chi connectivity index (χ3v) is 2.78. The van der Waals surface area contributed by atoms with Gasteiger partial charge in [0.25, 0.3) is 0 Å². The Bertz CT molecular complexity index is 495. The van der Waals surface area contributed by atoms with E-state index in [-0.39, 0.29) is 12.5 Å². The molecule has 1 aromatic rings. The monoisotopic (exact) mass is 279 g/mol. The topological polar surface area (TPSA) is 78.8 Å². The first-order valence-electron chi connectivity index (χ1n) is 6.32. The number of carbonyl (C=O) groups excluding carboxylic acids is 1. The molecule has 0 fully saturated rings. The van der Waals surface area contributed by atoms with E-state index in [4.69, 9.17) is 9.84 Å². The number of aryl methyl sites for hydroxylation is 1. The fraction of sp³-hybridized carbons (Fsp3) is 0.400. The summed E-state index contributed by atoms with van der Waals surface area (Å²) in [6.07, 6.45) is 3.01. The number of hydrogen-bond acceptors (Lipinski definition) is 4. The van der Waals surface area contributed by atoms with E-state index < -0.39 is 12.2 Å². The number of ether oxygens (including phenoxy) is 1. The molecule has 0 aliphatic rings. The van der Waals surface area contributed by atoms with E-state index in [1.807, 2.05) is 25.1 Å². The van der Waals surface area contributed by atoms with Crippen molar-refractivity contribution in [2.24, 2.45) is 0 Å². The number of rotatable bonds is 6. The van der Waals surface area contributed by atoms with Crippen molar-refractivity contribution in [2.75, 3.05) is 20.3 Å². The molecule has 0 bridgehead atoms. The highest BCUT2D eigenvalue weighted by Gasteiger charge is 2.18. The van der Waals surface area contributed by atoms with Crippen LogP contribution >= 0.6 is 0 Å². The summed E-state index contributed by atoms with van der Waals surface area (Å²) in [6, 6.07) is 5.67. The number of hydrogen-bond donors (Lipinski definition) is 3. The molecule has 3 N–H and O–H groups in total. The molecule has 0 aliphatic heterocycles. The quantitative estimate of drug-likeness (QED) is 0.675. The van der Waals surface area contributed by atoms with Crippen molar-refractivity contribution in [3.05, 3.63) is 35.4 Å². The molecule has 5 nitrogen and oxygen atoms in total. The van der Waals surface area contributed by atoms with Crippen LogP contribution in [0.25, 0.3) is 6.08 Å². The Hall–Kier alpha value is -1.85. The Morgan fingerprint density at radius 1 is 1.50 bits per heavy atom. The van der Waals surface area contributed by atoms with Crippen LogP contribution in [-0.4, -0.2) is 42.0 Å². The highest BCUT2D eigenvalue weighted by Crippen LogP contribution is 2.20. The van der Waals surface area contributed by atoms with Crippen molar-refractivity contribution in [1.29, 1.82) is 0 Å². The predicted octanol–water partition coefficient (Wildman–Crippen LogP) is 0.876. The standard InChI is InChI=1S/C15H21NO4/c1-11-4-6-13(20-3)12(8-11)5-7-14(18)16-9-15(2,19)10-17/h4-8,17,19H,9-10H2,1-3H3,(H,16,18). The molecule has 1 amide bonds. The van der Waals surface area contributed by atoms with Gasteiger partial charge in [-0.1, -0.05) is 11.6 Å². The van der Waals surface area contributed by atoms with Crippen molar-refractivity contribution in [3.63, 3.8) is 0 Å². The van der Waals surface area contributed by atoms with Crippen molar-refractivity contribution < 1.29 is 19.7 Å². The molecule has 0 saturated heterocycles. The molecule has 0 radical (unpaired) electrons. The summed E-state index contributed by atoms with van der Waals surface area (Å²) in [5.74, 6) is 0.337. The first-order valence-corrected chi connectivity index (χ1v) is 6.32. The van der Waals surface area contributed by atoms with Gasteiger partial charge in [0, 0.05) is 18.2 Å². The van der Waals surface area contributed by atoms with Gasteiger partial charge in [-0.05, 0) is 32.1 Å². The summed E-state index contributed by atoms with van der Waals surface area (Å²) in [5, 5.41) is 21.0. The lowest BCUT2D eigenvalue weighted by molar-refractivity contribution is -0.117. The van der Waals surface area contributed by atoms with Crippen LogP contribution in [0.5, 0.6) is 5.75 Å². The van der Waals surface area contributed by atoms with E-state index >= 15 is 0 Å². The van der Waals surface area contributed by atoms with Crippen LogP contribution in [0.4, 0.5) is 0 Å².